The van der Waals surface area contributed by atoms with Crippen molar-refractivity contribution in [3.63, 3.8) is 0 Å². The molecule has 0 aliphatic heterocycles. The van der Waals surface area contributed by atoms with Gasteiger partial charge < -0.3 is 10.2 Å². The third-order valence-electron chi connectivity index (χ3n) is 2.77. The van der Waals surface area contributed by atoms with E-state index in [1.54, 1.807) is 11.3 Å². The van der Waals surface area contributed by atoms with E-state index in [4.69, 9.17) is 0 Å². The fourth-order valence-electron chi connectivity index (χ4n) is 1.77. The van der Waals surface area contributed by atoms with Gasteiger partial charge in [0.1, 0.15) is 0 Å². The lowest BCUT2D eigenvalue weighted by Gasteiger charge is -2.27. The highest BCUT2D eigenvalue weighted by molar-refractivity contribution is 7.15. The van der Waals surface area contributed by atoms with Gasteiger partial charge >= 0.3 is 0 Å². The monoisotopic (exact) mass is 283 g/mol. The van der Waals surface area contributed by atoms with Crippen molar-refractivity contribution in [2.75, 3.05) is 11.4 Å². The molecule has 0 spiro atoms. The van der Waals surface area contributed by atoms with Crippen LogP contribution in [0.5, 0.6) is 0 Å². The van der Waals surface area contributed by atoms with Gasteiger partial charge in [0.2, 0.25) is 0 Å². The van der Waals surface area contributed by atoms with Gasteiger partial charge in [-0.25, -0.2) is 4.98 Å². The van der Waals surface area contributed by atoms with E-state index in [0.717, 1.165) is 18.2 Å². The van der Waals surface area contributed by atoms with Gasteiger partial charge in [0.05, 0.1) is 0 Å². The zero-order valence-electron chi connectivity index (χ0n) is 13.4. The van der Waals surface area contributed by atoms with Crippen molar-refractivity contribution in [1.29, 1.82) is 0 Å². The van der Waals surface area contributed by atoms with Crippen LogP contribution in [-0.4, -0.2) is 23.1 Å². The van der Waals surface area contributed by atoms with Crippen molar-refractivity contribution in [3.05, 3.63) is 11.1 Å². The second-order valence-corrected chi connectivity index (χ2v) is 7.95. The topological polar surface area (TPSA) is 28.2 Å². The lowest BCUT2D eigenvalue weighted by molar-refractivity contribution is 0.426. The van der Waals surface area contributed by atoms with Gasteiger partial charge in [-0.15, -0.1) is 11.3 Å². The Bertz CT molecular complexity index is 377. The number of anilines is 1. The Kier molecular flexibility index (Phi) is 5.81. The summed E-state index contributed by atoms with van der Waals surface area (Å²) in [5, 5.41) is 4.66. The molecule has 3 nitrogen and oxygen atoms in total. The molecule has 110 valence electrons. The number of rotatable bonds is 6. The van der Waals surface area contributed by atoms with E-state index in [2.05, 4.69) is 63.7 Å². The largest absolute Gasteiger partial charge is 0.345 e. The first-order valence-electron chi connectivity index (χ1n) is 7.15. The highest BCUT2D eigenvalue weighted by atomic mass is 32.1. The maximum Gasteiger partial charge on any atom is 0.185 e. The standard InChI is InChI=1S/C15H29N3S/c1-11(2)10-18(12(3)4)14-16-8-13(19-14)9-17-15(5,6)7/h8,11-12,17H,9-10H2,1-7H3. The van der Waals surface area contributed by atoms with Crippen LogP contribution in [-0.2, 0) is 6.54 Å². The molecule has 0 bridgehead atoms. The van der Waals surface area contributed by atoms with Crippen molar-refractivity contribution >= 4 is 16.5 Å². The fraction of sp³-hybridized carbons (Fsp3) is 0.800. The summed E-state index contributed by atoms with van der Waals surface area (Å²) in [5.41, 5.74) is 0.153. The van der Waals surface area contributed by atoms with E-state index >= 15 is 0 Å². The average molecular weight is 283 g/mol. The minimum Gasteiger partial charge on any atom is -0.345 e. The third kappa shape index (κ3) is 5.91. The SMILES string of the molecule is CC(C)CN(c1ncc(CNC(C)(C)C)s1)C(C)C. The molecule has 1 aromatic rings. The second-order valence-electron chi connectivity index (χ2n) is 6.85. The molecule has 1 heterocycles. The van der Waals surface area contributed by atoms with Gasteiger partial charge in [0.25, 0.3) is 0 Å². The summed E-state index contributed by atoms with van der Waals surface area (Å²) in [7, 11) is 0. The molecule has 1 aromatic heterocycles. The average Bonchev–Trinajstić information content (AvgIpc) is 2.70. The van der Waals surface area contributed by atoms with Gasteiger partial charge in [0, 0.05) is 35.7 Å². The van der Waals surface area contributed by atoms with E-state index in [-0.39, 0.29) is 5.54 Å². The number of hydrogen-bond donors (Lipinski definition) is 1. The third-order valence-corrected chi connectivity index (χ3v) is 3.80. The summed E-state index contributed by atoms with van der Waals surface area (Å²) in [6.45, 7) is 17.5. The minimum absolute atomic E-state index is 0.153. The summed E-state index contributed by atoms with van der Waals surface area (Å²) in [4.78, 5) is 8.30. The molecule has 1 rings (SSSR count). The molecule has 0 atom stereocenters. The number of hydrogen-bond acceptors (Lipinski definition) is 4. The van der Waals surface area contributed by atoms with Gasteiger partial charge in [-0.1, -0.05) is 13.8 Å². The molecule has 19 heavy (non-hydrogen) atoms. The molecule has 0 saturated carbocycles. The molecule has 0 aromatic carbocycles. The molecular formula is C15H29N3S. The Morgan fingerprint density at radius 2 is 1.89 bits per heavy atom. The van der Waals surface area contributed by atoms with Crippen molar-refractivity contribution < 1.29 is 0 Å². The van der Waals surface area contributed by atoms with Gasteiger partial charge in [-0.05, 0) is 40.5 Å². The fourth-order valence-corrected chi connectivity index (χ4v) is 2.76. The smallest absolute Gasteiger partial charge is 0.185 e. The number of aromatic nitrogens is 1. The van der Waals surface area contributed by atoms with E-state index in [9.17, 15) is 0 Å². The maximum atomic E-state index is 4.60. The number of thiazole rings is 1. The van der Waals surface area contributed by atoms with E-state index in [1.165, 1.54) is 4.88 Å². The normalized spacial score (nSPS) is 12.5. The summed E-state index contributed by atoms with van der Waals surface area (Å²) in [6, 6.07) is 0.497. The Morgan fingerprint density at radius 1 is 1.26 bits per heavy atom. The first kappa shape index (κ1) is 16.4. The molecule has 0 saturated heterocycles. The van der Waals surface area contributed by atoms with Crippen LogP contribution in [0.3, 0.4) is 0 Å². The zero-order chi connectivity index (χ0) is 14.6. The number of nitrogens with zero attached hydrogens (tertiary/aromatic N) is 2. The second kappa shape index (κ2) is 6.71. The molecule has 0 amide bonds. The van der Waals surface area contributed by atoms with E-state index in [0.29, 0.717) is 12.0 Å². The maximum absolute atomic E-state index is 4.60. The molecule has 0 radical (unpaired) electrons. The van der Waals surface area contributed by atoms with Crippen molar-refractivity contribution in [2.45, 2.75) is 66.6 Å². The zero-order valence-corrected chi connectivity index (χ0v) is 14.3. The van der Waals surface area contributed by atoms with Crippen molar-refractivity contribution in [3.8, 4) is 0 Å². The van der Waals surface area contributed by atoms with E-state index < -0.39 is 0 Å². The highest BCUT2D eigenvalue weighted by Gasteiger charge is 2.16. The Morgan fingerprint density at radius 3 is 2.37 bits per heavy atom. The highest BCUT2D eigenvalue weighted by Crippen LogP contribution is 2.25. The lowest BCUT2D eigenvalue weighted by atomic mass is 10.1. The van der Waals surface area contributed by atoms with Crippen LogP contribution < -0.4 is 10.2 Å². The molecule has 0 aliphatic carbocycles. The van der Waals surface area contributed by atoms with Gasteiger partial charge in [-0.2, -0.15) is 0 Å². The summed E-state index contributed by atoms with van der Waals surface area (Å²) in [5.74, 6) is 0.655. The molecular weight excluding hydrogens is 254 g/mol. The van der Waals surface area contributed by atoms with Crippen LogP contribution in [0, 0.1) is 5.92 Å². The first-order chi connectivity index (χ1) is 8.69. The lowest BCUT2D eigenvalue weighted by Crippen LogP contribution is -2.34. The van der Waals surface area contributed by atoms with Crippen molar-refractivity contribution in [1.82, 2.24) is 10.3 Å². The van der Waals surface area contributed by atoms with Crippen LogP contribution in [0.2, 0.25) is 0 Å². The van der Waals surface area contributed by atoms with Crippen LogP contribution in [0.4, 0.5) is 5.13 Å². The summed E-state index contributed by atoms with van der Waals surface area (Å²) in [6.07, 6.45) is 2.01. The Balaban J connectivity index is 2.70. The minimum atomic E-state index is 0.153. The van der Waals surface area contributed by atoms with Crippen molar-refractivity contribution in [2.24, 2.45) is 5.92 Å². The molecule has 0 aliphatic rings. The van der Waals surface area contributed by atoms with Crippen LogP contribution in [0.15, 0.2) is 6.20 Å². The quantitative estimate of drug-likeness (QED) is 0.858. The van der Waals surface area contributed by atoms with Crippen LogP contribution in [0.1, 0.15) is 53.3 Å². The molecule has 0 unspecified atom stereocenters. The predicted octanol–water partition coefficient (Wildman–Crippen LogP) is 3.90. The van der Waals surface area contributed by atoms with Gasteiger partial charge in [-0.3, -0.25) is 0 Å². The Labute approximate surface area is 122 Å². The Hall–Kier alpha value is -0.610. The van der Waals surface area contributed by atoms with Gasteiger partial charge in [0.15, 0.2) is 5.13 Å². The summed E-state index contributed by atoms with van der Waals surface area (Å²) < 4.78 is 0. The van der Waals surface area contributed by atoms with Crippen LogP contribution >= 0.6 is 11.3 Å². The summed E-state index contributed by atoms with van der Waals surface area (Å²) >= 11 is 1.80. The predicted molar refractivity (Wildman–Crippen MR) is 86.0 cm³/mol. The first-order valence-corrected chi connectivity index (χ1v) is 7.97. The van der Waals surface area contributed by atoms with E-state index in [1.807, 2.05) is 6.20 Å². The number of nitrogens with one attached hydrogen (secondary N) is 1. The molecule has 1 N–H and O–H groups in total. The van der Waals surface area contributed by atoms with Crippen LogP contribution in [0.25, 0.3) is 0 Å². The molecule has 0 fully saturated rings. The molecule has 4 heteroatoms.